The Kier molecular flexibility index (Phi) is 5.66. The standard InChI is InChI=1S/C18H16ClN3O5S/c1-26-15-8-5-12(19)10-14(15)17(23)20-18-22-21-16(27-18)9-11-3-6-13(7-4-11)28(2,24)25/h3-8,10H,9H2,1-2H3,(H,20,22,23). The molecule has 0 aliphatic rings. The molecule has 0 aliphatic carbocycles. The molecule has 3 aromatic rings. The minimum atomic E-state index is -3.26. The van der Waals surface area contributed by atoms with E-state index in [4.69, 9.17) is 20.8 Å². The average molecular weight is 422 g/mol. The van der Waals surface area contributed by atoms with Gasteiger partial charge < -0.3 is 9.15 Å². The quantitative estimate of drug-likeness (QED) is 0.651. The van der Waals surface area contributed by atoms with E-state index in [1.165, 1.54) is 25.3 Å². The van der Waals surface area contributed by atoms with E-state index in [9.17, 15) is 13.2 Å². The highest BCUT2D eigenvalue weighted by atomic mass is 35.5. The third kappa shape index (κ3) is 4.68. The summed E-state index contributed by atoms with van der Waals surface area (Å²) >= 11 is 5.93. The fraction of sp³-hybridized carbons (Fsp3) is 0.167. The van der Waals surface area contributed by atoms with Crippen molar-refractivity contribution in [2.45, 2.75) is 11.3 Å². The van der Waals surface area contributed by atoms with Gasteiger partial charge in [0.2, 0.25) is 5.89 Å². The summed E-state index contributed by atoms with van der Waals surface area (Å²) in [4.78, 5) is 12.6. The summed E-state index contributed by atoms with van der Waals surface area (Å²) in [6, 6.07) is 10.9. The molecule has 1 heterocycles. The summed E-state index contributed by atoms with van der Waals surface area (Å²) in [5, 5.41) is 10.6. The maximum Gasteiger partial charge on any atom is 0.322 e. The maximum absolute atomic E-state index is 12.4. The van der Waals surface area contributed by atoms with Crippen LogP contribution in [0.5, 0.6) is 5.75 Å². The molecule has 10 heteroatoms. The number of carbonyl (C=O) groups is 1. The van der Waals surface area contributed by atoms with E-state index in [-0.39, 0.29) is 28.8 Å². The molecular weight excluding hydrogens is 406 g/mol. The average Bonchev–Trinajstić information content (AvgIpc) is 3.08. The van der Waals surface area contributed by atoms with E-state index in [1.54, 1.807) is 24.3 Å². The number of hydrogen-bond donors (Lipinski definition) is 1. The highest BCUT2D eigenvalue weighted by Crippen LogP contribution is 2.23. The molecule has 8 nitrogen and oxygen atoms in total. The number of sulfone groups is 1. The summed E-state index contributed by atoms with van der Waals surface area (Å²) in [6.45, 7) is 0. The number of aromatic nitrogens is 2. The van der Waals surface area contributed by atoms with E-state index >= 15 is 0 Å². The summed E-state index contributed by atoms with van der Waals surface area (Å²) in [7, 11) is -1.81. The second kappa shape index (κ2) is 7.99. The van der Waals surface area contributed by atoms with Crippen LogP contribution in [0.15, 0.2) is 51.8 Å². The van der Waals surface area contributed by atoms with Crippen molar-refractivity contribution >= 4 is 33.4 Å². The van der Waals surface area contributed by atoms with Gasteiger partial charge in [-0.15, -0.1) is 5.10 Å². The minimum absolute atomic E-state index is 0.0743. The lowest BCUT2D eigenvalue weighted by atomic mass is 10.1. The van der Waals surface area contributed by atoms with Gasteiger partial charge >= 0.3 is 6.01 Å². The molecule has 28 heavy (non-hydrogen) atoms. The Morgan fingerprint density at radius 2 is 1.89 bits per heavy atom. The lowest BCUT2D eigenvalue weighted by molar-refractivity contribution is 0.102. The molecule has 1 N–H and O–H groups in total. The zero-order valence-electron chi connectivity index (χ0n) is 15.0. The number of ether oxygens (including phenoxy) is 1. The second-order valence-corrected chi connectivity index (χ2v) is 8.34. The number of nitrogens with zero attached hydrogens (tertiary/aromatic N) is 2. The molecule has 146 valence electrons. The van der Waals surface area contributed by atoms with Gasteiger partial charge in [0, 0.05) is 11.3 Å². The first kappa shape index (κ1) is 19.8. The molecule has 0 spiro atoms. The van der Waals surface area contributed by atoms with Crippen molar-refractivity contribution in [2.75, 3.05) is 18.7 Å². The van der Waals surface area contributed by atoms with E-state index < -0.39 is 15.7 Å². The predicted octanol–water partition coefficient (Wildman–Crippen LogP) is 2.98. The first-order valence-electron chi connectivity index (χ1n) is 8.02. The van der Waals surface area contributed by atoms with Crippen LogP contribution >= 0.6 is 11.6 Å². The predicted molar refractivity (Wildman–Crippen MR) is 103 cm³/mol. The first-order valence-corrected chi connectivity index (χ1v) is 10.3. The molecule has 1 amide bonds. The largest absolute Gasteiger partial charge is 0.496 e. The van der Waals surface area contributed by atoms with Crippen LogP contribution in [0.1, 0.15) is 21.8 Å². The molecule has 0 radical (unpaired) electrons. The fourth-order valence-electron chi connectivity index (χ4n) is 2.43. The molecule has 0 unspecified atom stereocenters. The van der Waals surface area contributed by atoms with Gasteiger partial charge in [0.15, 0.2) is 9.84 Å². The van der Waals surface area contributed by atoms with Crippen molar-refractivity contribution in [3.05, 3.63) is 64.5 Å². The minimum Gasteiger partial charge on any atom is -0.496 e. The number of carbonyl (C=O) groups excluding carboxylic acids is 1. The summed E-state index contributed by atoms with van der Waals surface area (Å²) < 4.78 is 33.6. The Morgan fingerprint density at radius 3 is 2.54 bits per heavy atom. The van der Waals surface area contributed by atoms with Crippen LogP contribution in [0.4, 0.5) is 6.01 Å². The molecule has 2 aromatic carbocycles. The van der Waals surface area contributed by atoms with Gasteiger partial charge in [0.05, 0.1) is 24.0 Å². The first-order chi connectivity index (χ1) is 13.3. The molecule has 0 saturated carbocycles. The fourth-order valence-corrected chi connectivity index (χ4v) is 3.23. The zero-order chi connectivity index (χ0) is 20.3. The lowest BCUT2D eigenvalue weighted by Crippen LogP contribution is -2.13. The molecule has 0 fully saturated rings. The number of nitrogens with one attached hydrogen (secondary N) is 1. The summed E-state index contributed by atoms with van der Waals surface area (Å²) in [6.07, 6.45) is 1.43. The van der Waals surface area contributed by atoms with Crippen LogP contribution in [0.25, 0.3) is 0 Å². The Hall–Kier alpha value is -2.91. The molecule has 3 rings (SSSR count). The molecule has 0 bridgehead atoms. The number of anilines is 1. The van der Waals surface area contributed by atoms with Crippen molar-refractivity contribution in [2.24, 2.45) is 0 Å². The molecule has 0 atom stereocenters. The van der Waals surface area contributed by atoms with Crippen molar-refractivity contribution in [3.8, 4) is 5.75 Å². The molecule has 0 aliphatic heterocycles. The SMILES string of the molecule is COc1ccc(Cl)cc1C(=O)Nc1nnc(Cc2ccc(S(C)(=O)=O)cc2)o1. The van der Waals surface area contributed by atoms with Gasteiger partial charge in [-0.25, -0.2) is 8.42 Å². The molecule has 1 aromatic heterocycles. The highest BCUT2D eigenvalue weighted by Gasteiger charge is 2.16. The van der Waals surface area contributed by atoms with E-state index in [2.05, 4.69) is 15.5 Å². The van der Waals surface area contributed by atoms with Crippen LogP contribution in [0, 0.1) is 0 Å². The number of hydrogen-bond acceptors (Lipinski definition) is 7. The summed E-state index contributed by atoms with van der Waals surface area (Å²) in [5.74, 6) is 0.111. The van der Waals surface area contributed by atoms with Gasteiger partial charge in [-0.05, 0) is 35.9 Å². The third-order valence-electron chi connectivity index (χ3n) is 3.80. The van der Waals surface area contributed by atoms with Gasteiger partial charge in [-0.2, -0.15) is 0 Å². The Bertz CT molecular complexity index is 1110. The number of rotatable bonds is 6. The molecular formula is C18H16ClN3O5S. The van der Waals surface area contributed by atoms with E-state index in [0.717, 1.165) is 11.8 Å². The van der Waals surface area contributed by atoms with Gasteiger partial charge in [-0.3, -0.25) is 10.1 Å². The Balaban J connectivity index is 1.71. The Morgan fingerprint density at radius 1 is 1.18 bits per heavy atom. The van der Waals surface area contributed by atoms with E-state index in [0.29, 0.717) is 10.8 Å². The van der Waals surface area contributed by atoms with Gasteiger partial charge in [0.25, 0.3) is 5.91 Å². The monoisotopic (exact) mass is 421 g/mol. The smallest absolute Gasteiger partial charge is 0.322 e. The number of methoxy groups -OCH3 is 1. The van der Waals surface area contributed by atoms with Gasteiger partial charge in [0.1, 0.15) is 5.75 Å². The van der Waals surface area contributed by atoms with Crippen LogP contribution < -0.4 is 10.1 Å². The van der Waals surface area contributed by atoms with E-state index in [1.807, 2.05) is 0 Å². The zero-order valence-corrected chi connectivity index (χ0v) is 16.5. The lowest BCUT2D eigenvalue weighted by Gasteiger charge is -2.07. The summed E-state index contributed by atoms with van der Waals surface area (Å²) in [5.41, 5.74) is 1.01. The highest BCUT2D eigenvalue weighted by molar-refractivity contribution is 7.90. The second-order valence-electron chi connectivity index (χ2n) is 5.89. The van der Waals surface area contributed by atoms with Crippen LogP contribution in [-0.4, -0.2) is 37.9 Å². The van der Waals surface area contributed by atoms with Crippen molar-refractivity contribution in [1.82, 2.24) is 10.2 Å². The van der Waals surface area contributed by atoms with Crippen molar-refractivity contribution in [3.63, 3.8) is 0 Å². The van der Waals surface area contributed by atoms with Gasteiger partial charge in [-0.1, -0.05) is 28.8 Å². The topological polar surface area (TPSA) is 111 Å². The number of benzene rings is 2. The van der Waals surface area contributed by atoms with Crippen LogP contribution in [0.2, 0.25) is 5.02 Å². The normalized spacial score (nSPS) is 11.2. The third-order valence-corrected chi connectivity index (χ3v) is 5.16. The number of amides is 1. The maximum atomic E-state index is 12.4. The number of halogens is 1. The Labute approximate surface area is 166 Å². The van der Waals surface area contributed by atoms with Crippen molar-refractivity contribution in [1.29, 1.82) is 0 Å². The van der Waals surface area contributed by atoms with Crippen LogP contribution in [0.3, 0.4) is 0 Å². The van der Waals surface area contributed by atoms with Crippen molar-refractivity contribution < 1.29 is 22.4 Å². The van der Waals surface area contributed by atoms with Crippen LogP contribution in [-0.2, 0) is 16.3 Å². The molecule has 0 saturated heterocycles.